The number of hydrogen-bond donors (Lipinski definition) is 8. The molecular formula is C58H60F2N9O12P. The zero-order valence-corrected chi connectivity index (χ0v) is 45.2. The first-order valence-corrected chi connectivity index (χ1v) is 28.5. The van der Waals surface area contributed by atoms with Crippen LogP contribution in [-0.4, -0.2) is 126 Å². The number of imide groups is 1. The SMILES string of the molecule is NC(=O)CCC(NC(=O)[C@@H]1CC[C@@H]2CCN(C(=O)CCCCC#Cc3ccc4c(c3)CN(C3CCC(=O)NC3=O)C4=O)C[C@H](NC(=O)c3cc4cc(C(F)(F)P(=O)(O)O)ccc4[nH]3)C(=O)N21)C(=O)NC(c1ccccc1)c1ccccc1. The second-order valence-electron chi connectivity index (χ2n) is 20.8. The zero-order chi connectivity index (χ0) is 58.5. The third kappa shape index (κ3) is 12.9. The number of nitrogens with two attached hydrogens (primary N) is 1. The Kier molecular flexibility index (Phi) is 17.5. The Balaban J connectivity index is 0.895. The fraction of sp³-hybridized carbons (Fsp3) is 0.362. The topological polar surface area (TPSA) is 311 Å². The van der Waals surface area contributed by atoms with Crippen LogP contribution in [0, 0.1) is 11.8 Å². The van der Waals surface area contributed by atoms with Crippen molar-refractivity contribution in [2.75, 3.05) is 13.1 Å². The lowest BCUT2D eigenvalue weighted by molar-refractivity contribution is -0.145. The Bertz CT molecular complexity index is 3420. The van der Waals surface area contributed by atoms with Crippen LogP contribution in [0.5, 0.6) is 0 Å². The quantitative estimate of drug-likeness (QED) is 0.0266. The van der Waals surface area contributed by atoms with Gasteiger partial charge in [0, 0.05) is 79.0 Å². The van der Waals surface area contributed by atoms with E-state index in [4.69, 9.17) is 5.73 Å². The van der Waals surface area contributed by atoms with Crippen molar-refractivity contribution < 1.29 is 66.3 Å². The van der Waals surface area contributed by atoms with Gasteiger partial charge in [-0.25, -0.2) is 0 Å². The number of hydrogen-bond acceptors (Lipinski definition) is 10. The van der Waals surface area contributed by atoms with Crippen molar-refractivity contribution in [2.45, 2.75) is 119 Å². The fourth-order valence-electron chi connectivity index (χ4n) is 11.0. The van der Waals surface area contributed by atoms with Gasteiger partial charge in [-0.2, -0.15) is 8.78 Å². The molecule has 0 spiro atoms. The summed E-state index contributed by atoms with van der Waals surface area (Å²) in [6, 6.07) is 21.4. The molecule has 82 heavy (non-hydrogen) atoms. The van der Waals surface area contributed by atoms with Crippen molar-refractivity contribution in [1.82, 2.24) is 41.0 Å². The smallest absolute Gasteiger partial charge is 0.370 e. The van der Waals surface area contributed by atoms with Gasteiger partial charge in [0.25, 0.3) is 11.8 Å². The Morgan fingerprint density at radius 1 is 0.841 bits per heavy atom. The molecule has 0 aliphatic carbocycles. The summed E-state index contributed by atoms with van der Waals surface area (Å²) >= 11 is 0. The van der Waals surface area contributed by atoms with Crippen molar-refractivity contribution in [3.05, 3.63) is 142 Å². The third-order valence-electron chi connectivity index (χ3n) is 15.3. The molecule has 9 amide bonds. The first-order chi connectivity index (χ1) is 39.2. The molecule has 9 rings (SSSR count). The van der Waals surface area contributed by atoms with Crippen LogP contribution in [0.25, 0.3) is 10.9 Å². The molecule has 428 valence electrons. The number of benzene rings is 4. The zero-order valence-electron chi connectivity index (χ0n) is 44.3. The maximum atomic E-state index is 15.0. The van der Waals surface area contributed by atoms with E-state index >= 15 is 4.79 Å². The van der Waals surface area contributed by atoms with Crippen molar-refractivity contribution in [3.8, 4) is 11.8 Å². The van der Waals surface area contributed by atoms with E-state index in [9.17, 15) is 61.5 Å². The number of carbonyl (C=O) groups excluding carboxylic acids is 9. The number of unbranched alkanes of at least 4 members (excludes halogenated alkanes) is 2. The Morgan fingerprint density at radius 2 is 1.56 bits per heavy atom. The summed E-state index contributed by atoms with van der Waals surface area (Å²) in [5.41, 5.74) is 3.21. The molecule has 5 heterocycles. The maximum absolute atomic E-state index is 15.0. The van der Waals surface area contributed by atoms with Gasteiger partial charge in [0.15, 0.2) is 0 Å². The molecule has 0 bridgehead atoms. The molecule has 21 nitrogen and oxygen atoms in total. The summed E-state index contributed by atoms with van der Waals surface area (Å²) in [6.45, 7) is -0.0305. The Morgan fingerprint density at radius 3 is 2.24 bits per heavy atom. The number of amides is 9. The summed E-state index contributed by atoms with van der Waals surface area (Å²) in [5, 5.41) is 10.8. The molecule has 0 radical (unpaired) electrons. The van der Waals surface area contributed by atoms with Gasteiger partial charge >= 0.3 is 13.3 Å². The van der Waals surface area contributed by atoms with Gasteiger partial charge < -0.3 is 51.2 Å². The van der Waals surface area contributed by atoms with Crippen LogP contribution in [0.2, 0.25) is 0 Å². The van der Waals surface area contributed by atoms with Crippen LogP contribution in [0.15, 0.2) is 103 Å². The number of piperidine rings is 1. The van der Waals surface area contributed by atoms with Crippen molar-refractivity contribution in [1.29, 1.82) is 0 Å². The molecule has 0 saturated carbocycles. The molecular weight excluding hydrogens is 1080 g/mol. The molecule has 4 aliphatic rings. The van der Waals surface area contributed by atoms with E-state index in [0.717, 1.165) is 29.3 Å². The lowest BCUT2D eigenvalue weighted by Crippen LogP contribution is -2.62. The minimum absolute atomic E-state index is 0.00600. The van der Waals surface area contributed by atoms with E-state index in [-0.39, 0.29) is 98.9 Å². The molecule has 4 aliphatic heterocycles. The number of halogens is 2. The van der Waals surface area contributed by atoms with E-state index in [1.54, 1.807) is 18.2 Å². The minimum Gasteiger partial charge on any atom is -0.370 e. The number of nitrogens with zero attached hydrogens (tertiary/aromatic N) is 3. The number of carbonyl (C=O) groups is 9. The summed E-state index contributed by atoms with van der Waals surface area (Å²) in [7, 11) is -5.94. The molecule has 1 aromatic heterocycles. The van der Waals surface area contributed by atoms with Crippen LogP contribution in [-0.2, 0) is 50.3 Å². The minimum atomic E-state index is -5.94. The Hall–Kier alpha value is -8.58. The van der Waals surface area contributed by atoms with Crippen molar-refractivity contribution >= 4 is 71.7 Å². The largest absolute Gasteiger partial charge is 0.399 e. The van der Waals surface area contributed by atoms with E-state index in [0.29, 0.717) is 42.4 Å². The standard InChI is InChI=1S/C58H60F2N9O12P/c59-58(60,82(79,80)81)39-18-21-42-37(30-39)31-44(62-42)53(74)64-45-33-67(50(72)16-10-2-1-5-11-34-17-20-41-38(29-34)32-68(56(41)77)46-24-26-49(71)65-54(46)75)28-27-40-19-23-47(69(40)57(45)78)55(76)63-43(22-25-48(61)70)52(73)66-51(35-12-6-3-7-13-35)36-14-8-4-9-15-36/h3-4,6-9,12-15,17-18,20-21,29-31,40,43,45-47,51,62H,1-2,10,16,19,22-28,32-33H2,(H2,61,70)(H,63,76)(H,64,74)(H,66,73)(H,65,71,75)(H2,79,80,81)/t40-,43?,45+,46?,47+/m1/s1. The highest BCUT2D eigenvalue weighted by Crippen LogP contribution is 2.59. The molecule has 24 heteroatoms. The van der Waals surface area contributed by atoms with Crippen LogP contribution < -0.4 is 27.0 Å². The number of nitrogens with one attached hydrogen (secondary N) is 5. The molecule has 4 aromatic carbocycles. The average Bonchev–Trinajstić information content (AvgIpc) is 4.12. The molecule has 2 unspecified atom stereocenters. The first-order valence-electron chi connectivity index (χ1n) is 26.9. The second kappa shape index (κ2) is 24.6. The number of aromatic amines is 1. The number of fused-ring (bicyclic) bond motifs is 3. The van der Waals surface area contributed by atoms with E-state index in [1.165, 1.54) is 20.8 Å². The number of alkyl halides is 2. The van der Waals surface area contributed by atoms with Crippen LogP contribution >= 0.6 is 7.60 Å². The normalized spacial score (nSPS) is 19.5. The Labute approximate surface area is 469 Å². The van der Waals surface area contributed by atoms with E-state index in [2.05, 4.69) is 38.1 Å². The lowest BCUT2D eigenvalue weighted by Gasteiger charge is -2.39. The van der Waals surface area contributed by atoms with Crippen LogP contribution in [0.4, 0.5) is 8.78 Å². The fourth-order valence-corrected chi connectivity index (χ4v) is 11.5. The highest BCUT2D eigenvalue weighted by atomic mass is 31.2. The van der Waals surface area contributed by atoms with Gasteiger partial charge in [0.05, 0.1) is 6.04 Å². The number of rotatable bonds is 18. The predicted molar refractivity (Wildman–Crippen MR) is 291 cm³/mol. The number of aromatic nitrogens is 1. The van der Waals surface area contributed by atoms with E-state index < -0.39 is 90.5 Å². The molecule has 5 aromatic rings. The maximum Gasteiger partial charge on any atom is 0.399 e. The van der Waals surface area contributed by atoms with Crippen LogP contribution in [0.1, 0.15) is 125 Å². The summed E-state index contributed by atoms with van der Waals surface area (Å²) < 4.78 is 41.1. The van der Waals surface area contributed by atoms with Crippen molar-refractivity contribution in [2.24, 2.45) is 5.73 Å². The monoisotopic (exact) mass is 1140 g/mol. The molecule has 9 N–H and O–H groups in total. The van der Waals surface area contributed by atoms with Crippen LogP contribution in [0.3, 0.4) is 0 Å². The number of H-pyrrole nitrogens is 1. The van der Waals surface area contributed by atoms with Gasteiger partial charge in [-0.3, -0.25) is 53.0 Å². The van der Waals surface area contributed by atoms with E-state index in [1.807, 2.05) is 60.7 Å². The number of primary amides is 1. The molecule has 5 atom stereocenters. The van der Waals surface area contributed by atoms with Gasteiger partial charge in [-0.1, -0.05) is 78.6 Å². The predicted octanol–water partition coefficient (Wildman–Crippen LogP) is 4.11. The highest BCUT2D eigenvalue weighted by Gasteiger charge is 2.51. The third-order valence-corrected chi connectivity index (χ3v) is 16.3. The van der Waals surface area contributed by atoms with Crippen molar-refractivity contribution in [3.63, 3.8) is 0 Å². The second-order valence-corrected chi connectivity index (χ2v) is 22.5. The highest BCUT2D eigenvalue weighted by molar-refractivity contribution is 7.52. The average molecular weight is 1140 g/mol. The summed E-state index contributed by atoms with van der Waals surface area (Å²) in [6.07, 6.45) is 1.96. The van der Waals surface area contributed by atoms with Gasteiger partial charge in [-0.15, -0.1) is 0 Å². The van der Waals surface area contributed by atoms with Gasteiger partial charge in [0.1, 0.15) is 29.9 Å². The first kappa shape index (κ1) is 58.1. The summed E-state index contributed by atoms with van der Waals surface area (Å²) in [5.74, 6) is 1.00. The molecule has 3 saturated heterocycles. The molecule has 3 fully saturated rings. The van der Waals surface area contributed by atoms with Gasteiger partial charge in [-0.05, 0) is 98.0 Å². The van der Waals surface area contributed by atoms with Gasteiger partial charge in [0.2, 0.25) is 41.4 Å². The lowest BCUT2D eigenvalue weighted by atomic mass is 9.98. The summed E-state index contributed by atoms with van der Waals surface area (Å²) in [4.78, 5) is 147.